The van der Waals surface area contributed by atoms with Crippen molar-refractivity contribution in [2.75, 3.05) is 6.61 Å². The highest BCUT2D eigenvalue weighted by Gasteiger charge is 2.02. The smallest absolute Gasteiger partial charge is 0.128 e. The van der Waals surface area contributed by atoms with Gasteiger partial charge in [0.05, 0.1) is 12.6 Å². The maximum absolute atomic E-state index is 10.8. The van der Waals surface area contributed by atoms with Gasteiger partial charge in [-0.25, -0.2) is 0 Å². The highest BCUT2D eigenvalue weighted by molar-refractivity contribution is 5.89. The molecule has 0 saturated heterocycles. The van der Waals surface area contributed by atoms with Gasteiger partial charge < -0.3 is 14.6 Å². The molecule has 0 saturated carbocycles. The van der Waals surface area contributed by atoms with E-state index in [1.54, 1.807) is 18.2 Å². The number of rotatable bonds is 7. The normalized spacial score (nSPS) is 10.1. The average Bonchev–Trinajstić information content (AvgIpc) is 2.29. The van der Waals surface area contributed by atoms with E-state index < -0.39 is 5.97 Å². The summed E-state index contributed by atoms with van der Waals surface area (Å²) in [5.41, 5.74) is 0.123. The molecule has 0 bridgehead atoms. The molecule has 0 amide bonds. The van der Waals surface area contributed by atoms with Gasteiger partial charge in [-0.3, -0.25) is 0 Å². The van der Waals surface area contributed by atoms with Crippen LogP contribution in [0.15, 0.2) is 24.3 Å². The lowest BCUT2D eigenvalue weighted by atomic mass is 10.2. The van der Waals surface area contributed by atoms with Gasteiger partial charge in [0.15, 0.2) is 0 Å². The number of carbonyl (C=O) groups excluding carboxylic acids is 1. The Morgan fingerprint density at radius 1 is 1.25 bits per heavy atom. The van der Waals surface area contributed by atoms with Crippen LogP contribution in [0.5, 0.6) is 5.75 Å². The van der Waals surface area contributed by atoms with Crippen LogP contribution in [0.3, 0.4) is 0 Å². The molecule has 1 rings (SSSR count). The summed E-state index contributed by atoms with van der Waals surface area (Å²) < 4.78 is 5.42. The number of carboxylic acid groups (broad SMARTS) is 1. The molecule has 1 aromatic carbocycles. The van der Waals surface area contributed by atoms with E-state index in [2.05, 4.69) is 6.92 Å². The number of hydrogen-bond acceptors (Lipinski definition) is 3. The molecule has 0 aliphatic carbocycles. The molecule has 0 fully saturated rings. The highest BCUT2D eigenvalue weighted by Crippen LogP contribution is 2.17. The summed E-state index contributed by atoms with van der Waals surface area (Å²) in [5, 5.41) is 10.8. The summed E-state index contributed by atoms with van der Waals surface area (Å²) in [6.45, 7) is 2.70. The highest BCUT2D eigenvalue weighted by atomic mass is 16.5. The van der Waals surface area contributed by atoms with Gasteiger partial charge in [-0.1, -0.05) is 38.3 Å². The van der Waals surface area contributed by atoms with Crippen molar-refractivity contribution >= 4 is 5.97 Å². The first kappa shape index (κ1) is 12.6. The molecule has 16 heavy (non-hydrogen) atoms. The number of hydrogen-bond donors (Lipinski definition) is 0. The van der Waals surface area contributed by atoms with Gasteiger partial charge in [0.25, 0.3) is 0 Å². The number of carbonyl (C=O) groups is 1. The van der Waals surface area contributed by atoms with Crippen molar-refractivity contribution in [2.45, 2.75) is 32.6 Å². The summed E-state index contributed by atoms with van der Waals surface area (Å²) in [5.74, 6) is -0.789. The number of aromatic carboxylic acids is 1. The van der Waals surface area contributed by atoms with Crippen LogP contribution in [0.25, 0.3) is 0 Å². The van der Waals surface area contributed by atoms with E-state index >= 15 is 0 Å². The predicted molar refractivity (Wildman–Crippen MR) is 60.4 cm³/mol. The zero-order valence-corrected chi connectivity index (χ0v) is 9.57. The lowest BCUT2D eigenvalue weighted by Gasteiger charge is -2.11. The number of para-hydroxylation sites is 1. The molecule has 1 aromatic rings. The molecule has 0 aromatic heterocycles. The monoisotopic (exact) mass is 221 g/mol. The van der Waals surface area contributed by atoms with E-state index in [-0.39, 0.29) is 5.56 Å². The van der Waals surface area contributed by atoms with Crippen molar-refractivity contribution in [1.29, 1.82) is 0 Å². The number of unbranched alkanes of at least 4 members (excludes halogenated alkanes) is 3. The molecular formula is C13H17O3-. The Morgan fingerprint density at radius 3 is 2.69 bits per heavy atom. The van der Waals surface area contributed by atoms with Crippen LogP contribution in [0.2, 0.25) is 0 Å². The first-order valence-corrected chi connectivity index (χ1v) is 5.69. The predicted octanol–water partition coefficient (Wildman–Crippen LogP) is 2.01. The maximum Gasteiger partial charge on any atom is 0.128 e. The van der Waals surface area contributed by atoms with Gasteiger partial charge in [-0.2, -0.15) is 0 Å². The van der Waals surface area contributed by atoms with Crippen molar-refractivity contribution in [3.63, 3.8) is 0 Å². The van der Waals surface area contributed by atoms with Crippen LogP contribution in [0.4, 0.5) is 0 Å². The minimum absolute atomic E-state index is 0.123. The summed E-state index contributed by atoms with van der Waals surface area (Å²) in [6.07, 6.45) is 4.43. The second kappa shape index (κ2) is 6.88. The van der Waals surface area contributed by atoms with Gasteiger partial charge in [0.2, 0.25) is 0 Å². The van der Waals surface area contributed by atoms with Crippen molar-refractivity contribution in [3.8, 4) is 5.75 Å². The molecule has 3 nitrogen and oxygen atoms in total. The first-order chi connectivity index (χ1) is 7.75. The summed E-state index contributed by atoms with van der Waals surface area (Å²) in [7, 11) is 0. The molecule has 3 heteroatoms. The van der Waals surface area contributed by atoms with Gasteiger partial charge in [-0.15, -0.1) is 0 Å². The average molecular weight is 221 g/mol. The second-order valence-electron chi connectivity index (χ2n) is 3.69. The van der Waals surface area contributed by atoms with Crippen LogP contribution in [0, 0.1) is 0 Å². The van der Waals surface area contributed by atoms with Crippen LogP contribution < -0.4 is 9.84 Å². The molecule has 88 valence electrons. The lowest BCUT2D eigenvalue weighted by Crippen LogP contribution is -2.23. The van der Waals surface area contributed by atoms with E-state index in [1.165, 1.54) is 18.9 Å². The molecule has 0 unspecified atom stereocenters. The fourth-order valence-corrected chi connectivity index (χ4v) is 1.47. The van der Waals surface area contributed by atoms with E-state index in [0.717, 1.165) is 12.8 Å². The van der Waals surface area contributed by atoms with Gasteiger partial charge in [0.1, 0.15) is 5.75 Å². The van der Waals surface area contributed by atoms with Gasteiger partial charge >= 0.3 is 0 Å². The zero-order valence-electron chi connectivity index (χ0n) is 9.57. The Kier molecular flexibility index (Phi) is 5.40. The first-order valence-electron chi connectivity index (χ1n) is 5.69. The Bertz CT molecular complexity index is 334. The Hall–Kier alpha value is -1.51. The third-order valence-corrected chi connectivity index (χ3v) is 2.36. The van der Waals surface area contributed by atoms with Crippen molar-refractivity contribution in [3.05, 3.63) is 29.8 Å². The van der Waals surface area contributed by atoms with Crippen LogP contribution in [0.1, 0.15) is 43.0 Å². The van der Waals surface area contributed by atoms with E-state index in [0.29, 0.717) is 12.4 Å². The third kappa shape index (κ3) is 3.93. The summed E-state index contributed by atoms with van der Waals surface area (Å²) in [4.78, 5) is 10.8. The van der Waals surface area contributed by atoms with Crippen LogP contribution in [-0.4, -0.2) is 12.6 Å². The maximum atomic E-state index is 10.8. The molecule has 0 N–H and O–H groups in total. The Labute approximate surface area is 96.1 Å². The molecule has 0 radical (unpaired) electrons. The van der Waals surface area contributed by atoms with Gasteiger partial charge in [0, 0.05) is 5.56 Å². The van der Waals surface area contributed by atoms with Crippen LogP contribution >= 0.6 is 0 Å². The molecule has 0 aliphatic heterocycles. The second-order valence-corrected chi connectivity index (χ2v) is 3.69. The largest absolute Gasteiger partial charge is 0.545 e. The van der Waals surface area contributed by atoms with Gasteiger partial charge in [-0.05, 0) is 18.6 Å². The van der Waals surface area contributed by atoms with E-state index in [9.17, 15) is 9.90 Å². The Balaban J connectivity index is 2.44. The molecule has 0 atom stereocenters. The Morgan fingerprint density at radius 2 is 2.00 bits per heavy atom. The van der Waals surface area contributed by atoms with E-state index in [1.807, 2.05) is 0 Å². The summed E-state index contributed by atoms with van der Waals surface area (Å²) in [6, 6.07) is 6.57. The fourth-order valence-electron chi connectivity index (χ4n) is 1.47. The van der Waals surface area contributed by atoms with Crippen molar-refractivity contribution in [2.24, 2.45) is 0 Å². The number of carboxylic acids is 1. The minimum Gasteiger partial charge on any atom is -0.545 e. The van der Waals surface area contributed by atoms with Crippen molar-refractivity contribution in [1.82, 2.24) is 0 Å². The standard InChI is InChI=1S/C13H18O3/c1-2-3-4-7-10-16-12-9-6-5-8-11(12)13(14)15/h5-6,8-9H,2-4,7,10H2,1H3,(H,14,15)/p-1. The SMILES string of the molecule is CCCCCCOc1ccccc1C(=O)[O-]. The minimum atomic E-state index is -1.19. The fraction of sp³-hybridized carbons (Fsp3) is 0.462. The zero-order chi connectivity index (χ0) is 11.8. The molecule has 0 aliphatic rings. The third-order valence-electron chi connectivity index (χ3n) is 2.36. The van der Waals surface area contributed by atoms with E-state index in [4.69, 9.17) is 4.74 Å². The molecule has 0 spiro atoms. The quantitative estimate of drug-likeness (QED) is 0.662. The number of ether oxygens (including phenoxy) is 1. The summed E-state index contributed by atoms with van der Waals surface area (Å²) >= 11 is 0. The van der Waals surface area contributed by atoms with Crippen molar-refractivity contribution < 1.29 is 14.6 Å². The number of benzene rings is 1. The lowest BCUT2D eigenvalue weighted by molar-refractivity contribution is -0.255. The molecular weight excluding hydrogens is 204 g/mol. The topological polar surface area (TPSA) is 49.4 Å². The van der Waals surface area contributed by atoms with Crippen LogP contribution in [-0.2, 0) is 0 Å². The molecule has 0 heterocycles.